The Kier molecular flexibility index (Phi) is 5.21. The number of nitrogens with one attached hydrogen (secondary N) is 1. The SMILES string of the molecule is CCONC(=O)C1=CC[C@H]2[C@@H]3CCc4cc(OS(N)(=O)=O)ccc4[C@H]3CC[C@]12C. The summed E-state index contributed by atoms with van der Waals surface area (Å²) in [5, 5.41) is 4.99. The van der Waals surface area contributed by atoms with E-state index in [1.807, 2.05) is 13.0 Å². The van der Waals surface area contributed by atoms with E-state index < -0.39 is 10.3 Å². The van der Waals surface area contributed by atoms with Crippen molar-refractivity contribution in [2.45, 2.75) is 51.9 Å². The zero-order valence-corrected chi connectivity index (χ0v) is 17.6. The molecule has 1 aromatic rings. The number of aryl methyl sites for hydroxylation is 1. The van der Waals surface area contributed by atoms with Gasteiger partial charge in [-0.05, 0) is 80.0 Å². The molecule has 8 heteroatoms. The van der Waals surface area contributed by atoms with E-state index in [0.717, 1.165) is 43.2 Å². The highest BCUT2D eigenvalue weighted by molar-refractivity contribution is 7.84. The average molecular weight is 421 g/mol. The van der Waals surface area contributed by atoms with Gasteiger partial charge in [0.15, 0.2) is 0 Å². The minimum absolute atomic E-state index is 0.115. The summed E-state index contributed by atoms with van der Waals surface area (Å²) < 4.78 is 27.3. The van der Waals surface area contributed by atoms with Gasteiger partial charge < -0.3 is 4.18 Å². The lowest BCUT2D eigenvalue weighted by molar-refractivity contribution is -0.131. The normalized spacial score (nSPS) is 30.6. The Morgan fingerprint density at radius 2 is 2.14 bits per heavy atom. The number of rotatable bonds is 5. The van der Waals surface area contributed by atoms with Crippen LogP contribution in [-0.4, -0.2) is 20.9 Å². The number of hydrogen-bond donors (Lipinski definition) is 2. The van der Waals surface area contributed by atoms with Crippen molar-refractivity contribution in [3.05, 3.63) is 41.0 Å². The molecule has 0 aliphatic heterocycles. The van der Waals surface area contributed by atoms with Crippen molar-refractivity contribution in [2.24, 2.45) is 22.4 Å². The highest BCUT2D eigenvalue weighted by Crippen LogP contribution is 2.61. The highest BCUT2D eigenvalue weighted by Gasteiger charge is 2.53. The van der Waals surface area contributed by atoms with Gasteiger partial charge >= 0.3 is 10.3 Å². The second-order valence-electron chi connectivity index (χ2n) is 8.53. The van der Waals surface area contributed by atoms with E-state index in [1.165, 1.54) is 5.56 Å². The largest absolute Gasteiger partial charge is 0.380 e. The van der Waals surface area contributed by atoms with Crippen LogP contribution in [0.4, 0.5) is 0 Å². The van der Waals surface area contributed by atoms with E-state index in [9.17, 15) is 13.2 Å². The van der Waals surface area contributed by atoms with Gasteiger partial charge in [-0.1, -0.05) is 19.1 Å². The predicted octanol–water partition coefficient (Wildman–Crippen LogP) is 2.73. The minimum atomic E-state index is -4.02. The smallest absolute Gasteiger partial charge is 0.371 e. The summed E-state index contributed by atoms with van der Waals surface area (Å²) in [6, 6.07) is 5.48. The number of hydroxylamine groups is 1. The van der Waals surface area contributed by atoms with Crippen LogP contribution in [0.5, 0.6) is 5.75 Å². The Bertz CT molecular complexity index is 958. The fourth-order valence-corrected chi connectivity index (χ4v) is 6.23. The molecule has 1 amide bonds. The summed E-state index contributed by atoms with van der Waals surface area (Å²) >= 11 is 0. The number of nitrogens with two attached hydrogens (primary N) is 1. The van der Waals surface area contributed by atoms with Gasteiger partial charge in [0, 0.05) is 11.0 Å². The fourth-order valence-electron chi connectivity index (χ4n) is 5.86. The molecule has 0 spiro atoms. The van der Waals surface area contributed by atoms with E-state index in [0.29, 0.717) is 24.4 Å². The molecule has 1 saturated carbocycles. The van der Waals surface area contributed by atoms with Crippen LogP contribution in [-0.2, 0) is 26.4 Å². The molecule has 0 saturated heterocycles. The molecule has 3 N–H and O–H groups in total. The third kappa shape index (κ3) is 3.69. The van der Waals surface area contributed by atoms with E-state index in [2.05, 4.69) is 18.5 Å². The Hall–Kier alpha value is -1.90. The van der Waals surface area contributed by atoms with Crippen molar-refractivity contribution in [3.8, 4) is 5.75 Å². The molecule has 4 atom stereocenters. The predicted molar refractivity (Wildman–Crippen MR) is 108 cm³/mol. The first-order chi connectivity index (χ1) is 13.7. The maximum absolute atomic E-state index is 12.6. The molecular formula is C21H28N2O5S. The standard InChI is InChI=1S/C21H28N2O5S/c1-3-27-23-20(24)19-9-8-18-17-6-4-13-12-14(28-29(22,25)26)5-7-15(13)16(17)10-11-21(18,19)2/h5,7,9,12,16-18H,3-4,6,8,10-11H2,1-2H3,(H,23,24)(H2,22,25,26)/t16-,17-,18+,21+/m1/s1. The Balaban J connectivity index is 1.56. The lowest BCUT2D eigenvalue weighted by Gasteiger charge is -2.50. The quantitative estimate of drug-likeness (QED) is 0.712. The summed E-state index contributed by atoms with van der Waals surface area (Å²) in [7, 11) is -4.02. The van der Waals surface area contributed by atoms with Gasteiger partial charge in [-0.2, -0.15) is 13.6 Å². The molecule has 1 fully saturated rings. The van der Waals surface area contributed by atoms with Crippen molar-refractivity contribution in [1.82, 2.24) is 5.48 Å². The molecule has 0 unspecified atom stereocenters. The fraction of sp³-hybridized carbons (Fsp3) is 0.571. The molecule has 3 aliphatic carbocycles. The molecule has 1 aromatic carbocycles. The summed E-state index contributed by atoms with van der Waals surface area (Å²) in [5.74, 6) is 1.50. The first kappa shape index (κ1) is 20.4. The Morgan fingerprint density at radius 1 is 1.34 bits per heavy atom. The lowest BCUT2D eigenvalue weighted by atomic mass is 9.54. The van der Waals surface area contributed by atoms with Crippen molar-refractivity contribution >= 4 is 16.2 Å². The van der Waals surface area contributed by atoms with Crippen LogP contribution in [0, 0.1) is 17.3 Å². The minimum Gasteiger partial charge on any atom is -0.371 e. The van der Waals surface area contributed by atoms with Crippen LogP contribution in [0.1, 0.15) is 56.6 Å². The van der Waals surface area contributed by atoms with E-state index >= 15 is 0 Å². The first-order valence-corrected chi connectivity index (χ1v) is 11.7. The molecule has 3 aliphatic rings. The van der Waals surface area contributed by atoms with Crippen molar-refractivity contribution in [2.75, 3.05) is 6.61 Å². The summed E-state index contributed by atoms with van der Waals surface area (Å²) in [6.07, 6.45) is 6.84. The second kappa shape index (κ2) is 7.41. The number of benzene rings is 1. The van der Waals surface area contributed by atoms with Crippen LogP contribution >= 0.6 is 0 Å². The van der Waals surface area contributed by atoms with Crippen LogP contribution in [0.25, 0.3) is 0 Å². The number of fused-ring (bicyclic) bond motifs is 5. The van der Waals surface area contributed by atoms with E-state index in [4.69, 9.17) is 14.2 Å². The van der Waals surface area contributed by atoms with Gasteiger partial charge in [0.05, 0.1) is 6.61 Å². The van der Waals surface area contributed by atoms with Crippen LogP contribution in [0.3, 0.4) is 0 Å². The molecule has 0 radical (unpaired) electrons. The van der Waals surface area contributed by atoms with Crippen LogP contribution < -0.4 is 14.8 Å². The zero-order valence-electron chi connectivity index (χ0n) is 16.8. The molecular weight excluding hydrogens is 392 g/mol. The van der Waals surface area contributed by atoms with Gasteiger partial charge in [0.25, 0.3) is 5.91 Å². The number of allylic oxidation sites excluding steroid dienone is 1. The van der Waals surface area contributed by atoms with Gasteiger partial charge in [-0.25, -0.2) is 5.48 Å². The molecule has 4 rings (SSSR count). The third-order valence-electron chi connectivity index (χ3n) is 7.05. The van der Waals surface area contributed by atoms with Gasteiger partial charge in [0.2, 0.25) is 0 Å². The van der Waals surface area contributed by atoms with E-state index in [1.54, 1.807) is 12.1 Å². The number of hydrogen-bond acceptors (Lipinski definition) is 5. The molecule has 0 aromatic heterocycles. The topological polar surface area (TPSA) is 108 Å². The lowest BCUT2D eigenvalue weighted by Crippen LogP contribution is -2.43. The molecule has 0 heterocycles. The number of carbonyl (C=O) groups excluding carboxylic acids is 1. The van der Waals surface area contributed by atoms with Gasteiger partial charge in [-0.3, -0.25) is 9.63 Å². The van der Waals surface area contributed by atoms with E-state index in [-0.39, 0.29) is 17.1 Å². The molecule has 7 nitrogen and oxygen atoms in total. The molecule has 0 bridgehead atoms. The highest BCUT2D eigenvalue weighted by atomic mass is 32.2. The van der Waals surface area contributed by atoms with Gasteiger partial charge in [0.1, 0.15) is 5.75 Å². The second-order valence-corrected chi connectivity index (χ2v) is 9.68. The zero-order chi connectivity index (χ0) is 20.8. The summed E-state index contributed by atoms with van der Waals surface area (Å²) in [4.78, 5) is 17.7. The van der Waals surface area contributed by atoms with Gasteiger partial charge in [-0.15, -0.1) is 0 Å². The maximum Gasteiger partial charge on any atom is 0.380 e. The van der Waals surface area contributed by atoms with Crippen molar-refractivity contribution < 1.29 is 22.2 Å². The summed E-state index contributed by atoms with van der Waals surface area (Å²) in [6.45, 7) is 4.51. The third-order valence-corrected chi connectivity index (χ3v) is 7.47. The first-order valence-electron chi connectivity index (χ1n) is 10.2. The van der Waals surface area contributed by atoms with Crippen LogP contribution in [0.15, 0.2) is 29.8 Å². The van der Waals surface area contributed by atoms with Crippen LogP contribution in [0.2, 0.25) is 0 Å². The average Bonchev–Trinajstić information content (AvgIpc) is 3.01. The van der Waals surface area contributed by atoms with Crippen molar-refractivity contribution in [1.29, 1.82) is 0 Å². The Labute approximate surface area is 171 Å². The Morgan fingerprint density at radius 3 is 2.86 bits per heavy atom. The molecule has 29 heavy (non-hydrogen) atoms. The number of carbonyl (C=O) groups is 1. The summed E-state index contributed by atoms with van der Waals surface area (Å²) in [5.41, 5.74) is 5.71. The monoisotopic (exact) mass is 420 g/mol. The number of amides is 1. The maximum atomic E-state index is 12.6. The molecule has 158 valence electrons. The van der Waals surface area contributed by atoms with Crippen molar-refractivity contribution in [3.63, 3.8) is 0 Å².